The topological polar surface area (TPSA) is 52.0 Å². The van der Waals surface area contributed by atoms with Crippen molar-refractivity contribution in [1.29, 1.82) is 5.26 Å². The first-order valence-electron chi connectivity index (χ1n) is 5.74. The van der Waals surface area contributed by atoms with E-state index in [0.717, 1.165) is 11.7 Å². The maximum Gasteiger partial charge on any atom is 0.185 e. The van der Waals surface area contributed by atoms with Crippen LogP contribution in [0.25, 0.3) is 0 Å². The summed E-state index contributed by atoms with van der Waals surface area (Å²) in [6, 6.07) is 2.36. The number of nitriles is 1. The predicted octanol–water partition coefficient (Wildman–Crippen LogP) is 2.56. The van der Waals surface area contributed by atoms with E-state index in [9.17, 15) is 0 Å². The maximum absolute atomic E-state index is 8.80. The quantitative estimate of drug-likeness (QED) is 0.914. The third-order valence-electron chi connectivity index (χ3n) is 2.79. The largest absolute Gasteiger partial charge is 0.358 e. The summed E-state index contributed by atoms with van der Waals surface area (Å²) in [7, 11) is 0. The van der Waals surface area contributed by atoms with Crippen molar-refractivity contribution in [1.82, 2.24) is 9.88 Å². The van der Waals surface area contributed by atoms with Gasteiger partial charge < -0.3 is 10.2 Å². The molecule has 4 nitrogen and oxygen atoms in total. The van der Waals surface area contributed by atoms with Crippen LogP contribution in [0, 0.1) is 11.3 Å². The highest BCUT2D eigenvalue weighted by atomic mass is 35.5. The zero-order chi connectivity index (χ0) is 12.3. The first-order valence-corrected chi connectivity index (χ1v) is 6.94. The Bertz CT molecular complexity index is 420. The van der Waals surface area contributed by atoms with E-state index in [1.54, 1.807) is 0 Å². The van der Waals surface area contributed by atoms with E-state index in [2.05, 4.69) is 22.1 Å². The van der Waals surface area contributed by atoms with Crippen LogP contribution in [-0.4, -0.2) is 35.6 Å². The van der Waals surface area contributed by atoms with Crippen molar-refractivity contribution in [3.05, 3.63) is 10.0 Å². The average molecular weight is 271 g/mol. The molecule has 1 atom stereocenters. The molecular formula is C11H15ClN4S. The molecule has 1 saturated heterocycles. The summed E-state index contributed by atoms with van der Waals surface area (Å²) < 4.78 is 0. The molecule has 17 heavy (non-hydrogen) atoms. The predicted molar refractivity (Wildman–Crippen MR) is 70.6 cm³/mol. The van der Waals surface area contributed by atoms with Crippen molar-refractivity contribution in [3.63, 3.8) is 0 Å². The summed E-state index contributed by atoms with van der Waals surface area (Å²) in [4.78, 5) is 7.04. The SMILES string of the molecule is CC(CN1CCCC1)Nc1nc(Cl)c(C#N)s1. The summed E-state index contributed by atoms with van der Waals surface area (Å²) in [5.74, 6) is 0. The van der Waals surface area contributed by atoms with Gasteiger partial charge in [-0.2, -0.15) is 5.26 Å². The Morgan fingerprint density at radius 1 is 1.59 bits per heavy atom. The lowest BCUT2D eigenvalue weighted by Gasteiger charge is -2.20. The first-order chi connectivity index (χ1) is 8.19. The normalized spacial score (nSPS) is 17.9. The third-order valence-corrected chi connectivity index (χ3v) is 4.06. The number of nitrogens with one attached hydrogen (secondary N) is 1. The number of halogens is 1. The molecule has 0 spiro atoms. The van der Waals surface area contributed by atoms with Crippen LogP contribution in [0.1, 0.15) is 24.6 Å². The van der Waals surface area contributed by atoms with E-state index >= 15 is 0 Å². The summed E-state index contributed by atoms with van der Waals surface area (Å²) >= 11 is 7.14. The molecular weight excluding hydrogens is 256 g/mol. The molecule has 0 amide bonds. The van der Waals surface area contributed by atoms with E-state index < -0.39 is 0 Å². The number of aromatic nitrogens is 1. The number of anilines is 1. The Labute approximate surface area is 110 Å². The molecule has 0 radical (unpaired) electrons. The molecule has 6 heteroatoms. The van der Waals surface area contributed by atoms with Crippen LogP contribution >= 0.6 is 22.9 Å². The van der Waals surface area contributed by atoms with Crippen LogP contribution in [0.5, 0.6) is 0 Å². The molecule has 0 aliphatic carbocycles. The highest BCUT2D eigenvalue weighted by Gasteiger charge is 2.16. The molecule has 2 rings (SSSR count). The van der Waals surface area contributed by atoms with Crippen LogP contribution in [-0.2, 0) is 0 Å². The molecule has 1 N–H and O–H groups in total. The van der Waals surface area contributed by atoms with Crippen molar-refractivity contribution in [2.24, 2.45) is 0 Å². The van der Waals surface area contributed by atoms with Gasteiger partial charge in [0.1, 0.15) is 10.9 Å². The van der Waals surface area contributed by atoms with Gasteiger partial charge in [0.15, 0.2) is 10.3 Å². The lowest BCUT2D eigenvalue weighted by atomic mass is 10.3. The molecule has 1 aromatic rings. The van der Waals surface area contributed by atoms with Crippen molar-refractivity contribution < 1.29 is 0 Å². The Hall–Kier alpha value is -0.830. The van der Waals surface area contributed by atoms with Gasteiger partial charge in [-0.25, -0.2) is 4.98 Å². The van der Waals surface area contributed by atoms with Crippen LogP contribution < -0.4 is 5.32 Å². The lowest BCUT2D eigenvalue weighted by molar-refractivity contribution is 0.328. The Morgan fingerprint density at radius 3 is 2.88 bits per heavy atom. The van der Waals surface area contributed by atoms with E-state index in [4.69, 9.17) is 16.9 Å². The van der Waals surface area contributed by atoms with E-state index in [0.29, 0.717) is 16.1 Å². The standard InChI is InChI=1S/C11H15ClN4S/c1-8(7-16-4-2-3-5-16)14-11-15-10(12)9(6-13)17-11/h8H,2-5,7H2,1H3,(H,14,15). The smallest absolute Gasteiger partial charge is 0.185 e. The molecule has 1 fully saturated rings. The number of rotatable bonds is 4. The summed E-state index contributed by atoms with van der Waals surface area (Å²) in [5, 5.41) is 13.1. The van der Waals surface area contributed by atoms with Gasteiger partial charge >= 0.3 is 0 Å². The van der Waals surface area contributed by atoms with Gasteiger partial charge in [0.2, 0.25) is 0 Å². The highest BCUT2D eigenvalue weighted by Crippen LogP contribution is 2.26. The Morgan fingerprint density at radius 2 is 2.29 bits per heavy atom. The van der Waals surface area contributed by atoms with Gasteiger partial charge in [0.25, 0.3) is 0 Å². The highest BCUT2D eigenvalue weighted by molar-refractivity contribution is 7.16. The van der Waals surface area contributed by atoms with E-state index in [1.165, 1.54) is 37.3 Å². The molecule has 0 saturated carbocycles. The summed E-state index contributed by atoms with van der Waals surface area (Å²) in [6.45, 7) is 5.51. The average Bonchev–Trinajstić information content (AvgIpc) is 2.88. The summed E-state index contributed by atoms with van der Waals surface area (Å²) in [5.41, 5.74) is 0. The van der Waals surface area contributed by atoms with Crippen molar-refractivity contribution in [2.75, 3.05) is 25.0 Å². The zero-order valence-electron chi connectivity index (χ0n) is 9.74. The van der Waals surface area contributed by atoms with Crippen molar-refractivity contribution in [3.8, 4) is 6.07 Å². The van der Waals surface area contributed by atoms with Gasteiger partial charge in [-0.1, -0.05) is 22.9 Å². The molecule has 0 bridgehead atoms. The first kappa shape index (κ1) is 12.6. The Balaban J connectivity index is 1.88. The van der Waals surface area contributed by atoms with Crippen molar-refractivity contribution >= 4 is 28.1 Å². The second-order valence-corrected chi connectivity index (χ2v) is 5.66. The minimum atomic E-state index is 0.299. The second kappa shape index (κ2) is 5.67. The van der Waals surface area contributed by atoms with Crippen LogP contribution in [0.15, 0.2) is 0 Å². The van der Waals surface area contributed by atoms with Gasteiger partial charge in [0.05, 0.1) is 0 Å². The van der Waals surface area contributed by atoms with Crippen LogP contribution in [0.3, 0.4) is 0 Å². The molecule has 1 aliphatic heterocycles. The van der Waals surface area contributed by atoms with Gasteiger partial charge in [0, 0.05) is 12.6 Å². The van der Waals surface area contributed by atoms with Crippen LogP contribution in [0.2, 0.25) is 5.15 Å². The van der Waals surface area contributed by atoms with E-state index in [-0.39, 0.29) is 0 Å². The molecule has 0 aromatic carbocycles. The monoisotopic (exact) mass is 270 g/mol. The third kappa shape index (κ3) is 3.32. The number of likely N-dealkylation sites (tertiary alicyclic amines) is 1. The fourth-order valence-electron chi connectivity index (χ4n) is 2.04. The Kier molecular flexibility index (Phi) is 4.21. The van der Waals surface area contributed by atoms with Gasteiger partial charge in [-0.05, 0) is 32.9 Å². The fraction of sp³-hybridized carbons (Fsp3) is 0.636. The van der Waals surface area contributed by atoms with Crippen molar-refractivity contribution in [2.45, 2.75) is 25.8 Å². The minimum absolute atomic E-state index is 0.299. The van der Waals surface area contributed by atoms with E-state index in [1.807, 2.05) is 6.07 Å². The number of hydrogen-bond acceptors (Lipinski definition) is 5. The summed E-state index contributed by atoms with van der Waals surface area (Å²) in [6.07, 6.45) is 2.60. The molecule has 1 unspecified atom stereocenters. The molecule has 92 valence electrons. The molecule has 1 aromatic heterocycles. The lowest BCUT2D eigenvalue weighted by Crippen LogP contribution is -2.32. The fourth-order valence-corrected chi connectivity index (χ4v) is 3.10. The van der Waals surface area contributed by atoms with Gasteiger partial charge in [-0.3, -0.25) is 0 Å². The molecule has 1 aliphatic rings. The van der Waals surface area contributed by atoms with Crippen LogP contribution in [0.4, 0.5) is 5.13 Å². The number of hydrogen-bond donors (Lipinski definition) is 1. The molecule has 2 heterocycles. The zero-order valence-corrected chi connectivity index (χ0v) is 11.3. The second-order valence-electron chi connectivity index (χ2n) is 4.30. The van der Waals surface area contributed by atoms with Gasteiger partial charge in [-0.15, -0.1) is 0 Å². The maximum atomic E-state index is 8.80. The number of nitrogens with zero attached hydrogens (tertiary/aromatic N) is 3. The minimum Gasteiger partial charge on any atom is -0.358 e. The number of thiazole rings is 1.